The fourth-order valence-corrected chi connectivity index (χ4v) is 4.70. The molecule has 0 aliphatic carbocycles. The van der Waals surface area contributed by atoms with Crippen LogP contribution in [0.5, 0.6) is 11.5 Å². The van der Waals surface area contributed by atoms with E-state index < -0.39 is 21.9 Å². The smallest absolute Gasteiger partial charge is 0.257 e. The molecule has 2 saturated heterocycles. The minimum absolute atomic E-state index is 0.131. The molecule has 2 amide bonds. The lowest BCUT2D eigenvalue weighted by molar-refractivity contribution is -0.155. The fraction of sp³-hybridized carbons (Fsp3) is 0.500. The molecule has 3 unspecified atom stereocenters. The van der Waals surface area contributed by atoms with Crippen molar-refractivity contribution in [3.05, 3.63) is 23.8 Å². The Morgan fingerprint density at radius 3 is 2.65 bits per heavy atom. The predicted molar refractivity (Wildman–Crippen MR) is 94.4 cm³/mol. The van der Waals surface area contributed by atoms with Gasteiger partial charge in [-0.2, -0.15) is 5.26 Å². The number of rotatable bonds is 1. The van der Waals surface area contributed by atoms with Gasteiger partial charge in [-0.05, 0) is 38.5 Å². The van der Waals surface area contributed by atoms with Gasteiger partial charge in [-0.1, -0.05) is 6.07 Å². The second kappa shape index (κ2) is 5.07. The van der Waals surface area contributed by atoms with E-state index in [1.807, 2.05) is 0 Å². The van der Waals surface area contributed by atoms with Crippen LogP contribution >= 0.6 is 12.6 Å². The van der Waals surface area contributed by atoms with Crippen LogP contribution < -0.4 is 14.8 Å². The van der Waals surface area contributed by atoms with Gasteiger partial charge in [0.1, 0.15) is 5.54 Å². The van der Waals surface area contributed by atoms with Crippen LogP contribution in [0.2, 0.25) is 0 Å². The Balaban J connectivity index is 1.89. The average molecular weight is 373 g/mol. The molecule has 3 aliphatic rings. The Kier molecular flexibility index (Phi) is 3.32. The van der Waals surface area contributed by atoms with Crippen LogP contribution in [0.4, 0.5) is 0 Å². The maximum absolute atomic E-state index is 13.2. The van der Waals surface area contributed by atoms with E-state index in [4.69, 9.17) is 9.47 Å². The highest BCUT2D eigenvalue weighted by Crippen LogP contribution is 2.58. The van der Waals surface area contributed by atoms with E-state index in [9.17, 15) is 14.9 Å². The van der Waals surface area contributed by atoms with Gasteiger partial charge >= 0.3 is 0 Å². The van der Waals surface area contributed by atoms with Crippen molar-refractivity contribution in [2.45, 2.75) is 43.6 Å². The zero-order valence-electron chi connectivity index (χ0n) is 14.7. The van der Waals surface area contributed by atoms with E-state index in [2.05, 4.69) is 24.0 Å². The zero-order valence-corrected chi connectivity index (χ0v) is 15.6. The first-order valence-electron chi connectivity index (χ1n) is 8.32. The van der Waals surface area contributed by atoms with E-state index in [1.165, 1.54) is 4.90 Å². The van der Waals surface area contributed by atoms with Gasteiger partial charge in [-0.15, -0.1) is 12.6 Å². The minimum Gasteiger partial charge on any atom is -0.454 e. The number of carbonyl (C=O) groups is 2. The second-order valence-electron chi connectivity index (χ2n) is 7.79. The number of fused-ring (bicyclic) bond motifs is 2. The molecule has 8 heteroatoms. The van der Waals surface area contributed by atoms with Gasteiger partial charge in [0.05, 0.1) is 17.5 Å². The highest BCUT2D eigenvalue weighted by atomic mass is 32.1. The zero-order chi connectivity index (χ0) is 18.9. The van der Waals surface area contributed by atoms with Gasteiger partial charge in [0.25, 0.3) is 5.91 Å². The van der Waals surface area contributed by atoms with Crippen LogP contribution in [0, 0.1) is 16.7 Å². The van der Waals surface area contributed by atoms with Crippen LogP contribution in [-0.4, -0.2) is 33.9 Å². The summed E-state index contributed by atoms with van der Waals surface area (Å²) in [6.45, 7) is 5.19. The van der Waals surface area contributed by atoms with Crippen LogP contribution in [0.25, 0.3) is 0 Å². The van der Waals surface area contributed by atoms with Crippen LogP contribution in [0.3, 0.4) is 0 Å². The van der Waals surface area contributed by atoms with Gasteiger partial charge in [-0.25, -0.2) is 0 Å². The molecule has 1 aromatic rings. The summed E-state index contributed by atoms with van der Waals surface area (Å²) >= 11 is 4.58. The lowest BCUT2D eigenvalue weighted by Gasteiger charge is -2.46. The number of nitrogens with one attached hydrogen (secondary N) is 1. The third-order valence-electron chi connectivity index (χ3n) is 5.38. The van der Waals surface area contributed by atoms with Gasteiger partial charge in [0.2, 0.25) is 12.7 Å². The molecule has 7 nitrogen and oxygen atoms in total. The van der Waals surface area contributed by atoms with Crippen molar-refractivity contribution in [1.82, 2.24) is 10.2 Å². The Bertz CT molecular complexity index is 880. The molecule has 0 bridgehead atoms. The minimum atomic E-state index is -1.38. The van der Waals surface area contributed by atoms with Crippen molar-refractivity contribution in [1.29, 1.82) is 5.26 Å². The molecule has 3 aliphatic heterocycles. The first-order valence-corrected chi connectivity index (χ1v) is 8.77. The molecule has 3 heterocycles. The monoisotopic (exact) mass is 373 g/mol. The summed E-state index contributed by atoms with van der Waals surface area (Å²) in [6, 6.07) is 7.02. The van der Waals surface area contributed by atoms with Crippen molar-refractivity contribution in [2.24, 2.45) is 5.41 Å². The van der Waals surface area contributed by atoms with Crippen molar-refractivity contribution >= 4 is 24.4 Å². The SMILES string of the molecule is CC1(C)NC(=O)C2(S)CC(C)(C#N)C(c3ccc4c(c3)OCO4)N2C1=O. The van der Waals surface area contributed by atoms with Crippen LogP contribution in [0.1, 0.15) is 38.8 Å². The number of nitriles is 1. The number of carbonyl (C=O) groups excluding carboxylic acids is 2. The summed E-state index contributed by atoms with van der Waals surface area (Å²) in [5.41, 5.74) is -1.34. The molecule has 1 aromatic carbocycles. The Morgan fingerprint density at radius 1 is 1.27 bits per heavy atom. The Labute approximate surface area is 156 Å². The maximum atomic E-state index is 13.2. The van der Waals surface area contributed by atoms with Gasteiger partial charge in [0.15, 0.2) is 16.4 Å². The molecular weight excluding hydrogens is 354 g/mol. The Morgan fingerprint density at radius 2 is 1.96 bits per heavy atom. The lowest BCUT2D eigenvalue weighted by Crippen LogP contribution is -2.70. The highest BCUT2D eigenvalue weighted by Gasteiger charge is 2.66. The Hall–Kier alpha value is -2.40. The summed E-state index contributed by atoms with van der Waals surface area (Å²) in [6.07, 6.45) is 0.131. The molecule has 2 fully saturated rings. The predicted octanol–water partition coefficient (Wildman–Crippen LogP) is 1.75. The molecule has 3 atom stereocenters. The molecule has 4 rings (SSSR count). The second-order valence-corrected chi connectivity index (χ2v) is 8.53. The van der Waals surface area contributed by atoms with Crippen molar-refractivity contribution < 1.29 is 19.1 Å². The van der Waals surface area contributed by atoms with Gasteiger partial charge < -0.3 is 19.7 Å². The van der Waals surface area contributed by atoms with Crippen molar-refractivity contribution in [3.63, 3.8) is 0 Å². The first-order chi connectivity index (χ1) is 12.1. The number of hydrogen-bond acceptors (Lipinski definition) is 6. The summed E-state index contributed by atoms with van der Waals surface area (Å²) in [7, 11) is 0. The molecular formula is C18H19N3O4S. The quantitative estimate of drug-likeness (QED) is 0.732. The number of benzene rings is 1. The topological polar surface area (TPSA) is 91.7 Å². The van der Waals surface area contributed by atoms with Crippen LogP contribution in [-0.2, 0) is 9.59 Å². The van der Waals surface area contributed by atoms with Crippen molar-refractivity contribution in [3.8, 4) is 17.6 Å². The van der Waals surface area contributed by atoms with E-state index in [1.54, 1.807) is 39.0 Å². The molecule has 1 N–H and O–H groups in total. The van der Waals surface area contributed by atoms with Crippen molar-refractivity contribution in [2.75, 3.05) is 6.79 Å². The number of ether oxygens (including phenoxy) is 2. The number of thiol groups is 1. The molecule has 136 valence electrons. The molecule has 0 radical (unpaired) electrons. The van der Waals surface area contributed by atoms with E-state index in [0.717, 1.165) is 0 Å². The molecule has 26 heavy (non-hydrogen) atoms. The molecule has 0 spiro atoms. The fourth-order valence-electron chi connectivity index (χ4n) is 4.11. The number of hydrogen-bond donors (Lipinski definition) is 2. The number of amides is 2. The average Bonchev–Trinajstić information content (AvgIpc) is 3.13. The third kappa shape index (κ3) is 2.07. The lowest BCUT2D eigenvalue weighted by atomic mass is 9.79. The highest BCUT2D eigenvalue weighted by molar-refractivity contribution is 7.82. The first kappa shape index (κ1) is 17.0. The largest absolute Gasteiger partial charge is 0.454 e. The third-order valence-corrected chi connectivity index (χ3v) is 5.96. The van der Waals surface area contributed by atoms with E-state index in [0.29, 0.717) is 17.1 Å². The maximum Gasteiger partial charge on any atom is 0.257 e. The van der Waals surface area contributed by atoms with Crippen LogP contribution in [0.15, 0.2) is 18.2 Å². The summed E-state index contributed by atoms with van der Waals surface area (Å²) in [4.78, 5) is 26.1. The summed E-state index contributed by atoms with van der Waals surface area (Å²) in [5, 5.41) is 12.6. The number of nitrogens with zero attached hydrogens (tertiary/aromatic N) is 2. The summed E-state index contributed by atoms with van der Waals surface area (Å²) < 4.78 is 10.8. The van der Waals surface area contributed by atoms with Gasteiger partial charge in [0, 0.05) is 6.42 Å². The number of piperazine rings is 1. The standard InChI is InChI=1S/C18H19N3O4S/c1-16(2)15(23)21-13(10-4-5-11-12(6-10)25-9-24-11)17(3,8-19)7-18(21,26)14(22)20-16/h4-6,13,26H,7,9H2,1-3H3,(H,20,22). The molecule has 0 saturated carbocycles. The normalized spacial score (nSPS) is 34.3. The van der Waals surface area contributed by atoms with Gasteiger partial charge in [-0.3, -0.25) is 9.59 Å². The van der Waals surface area contributed by atoms with E-state index in [-0.39, 0.29) is 25.0 Å². The summed E-state index contributed by atoms with van der Waals surface area (Å²) in [5.74, 6) is 0.544. The van der Waals surface area contributed by atoms with E-state index >= 15 is 0 Å². The molecule has 0 aromatic heterocycles.